The van der Waals surface area contributed by atoms with Gasteiger partial charge >= 0.3 is 0 Å². The minimum atomic E-state index is 0.704. The molecule has 5 nitrogen and oxygen atoms in total. The van der Waals surface area contributed by atoms with Crippen molar-refractivity contribution in [2.75, 3.05) is 6.54 Å². The zero-order valence-corrected chi connectivity index (χ0v) is 17.6. The Balaban J connectivity index is 1.48. The minimum absolute atomic E-state index is 0.704. The molecule has 150 valence electrons. The highest BCUT2D eigenvalue weighted by Gasteiger charge is 2.21. The first-order valence-corrected chi connectivity index (χ1v) is 10.7. The fourth-order valence-corrected chi connectivity index (χ4v) is 4.41. The van der Waals surface area contributed by atoms with Gasteiger partial charge in [0.25, 0.3) is 0 Å². The van der Waals surface area contributed by atoms with Crippen molar-refractivity contribution >= 4 is 12.2 Å². The van der Waals surface area contributed by atoms with Gasteiger partial charge in [0.15, 0.2) is 12.5 Å². The number of fused-ring (bicyclic) bond motifs is 1. The molecule has 0 bridgehead atoms. The number of nitrogens with zero attached hydrogens (tertiary/aromatic N) is 4. The third-order valence-electron chi connectivity index (χ3n) is 5.72. The molecule has 2 aromatic carbocycles. The molecule has 0 amide bonds. The number of hydrogen-bond acceptors (Lipinski definition) is 3. The molecule has 0 spiro atoms. The first-order chi connectivity index (χ1) is 14.8. The van der Waals surface area contributed by atoms with Crippen LogP contribution in [0.3, 0.4) is 0 Å². The highest BCUT2D eigenvalue weighted by atomic mass is 32.1. The maximum Gasteiger partial charge on any atom is 0.203 e. The summed E-state index contributed by atoms with van der Waals surface area (Å²) in [6.45, 7) is 3.57. The molecule has 1 unspecified atom stereocenters. The monoisotopic (exact) mass is 414 g/mol. The van der Waals surface area contributed by atoms with E-state index in [9.17, 15) is 0 Å². The largest absolute Gasteiger partial charge is 0.312 e. The molecular formula is C24H24N5S+. The number of hydrogen-bond donors (Lipinski definition) is 1. The molecule has 5 rings (SSSR count). The highest BCUT2D eigenvalue weighted by Crippen LogP contribution is 2.19. The predicted octanol–water partition coefficient (Wildman–Crippen LogP) is 3.12. The fraction of sp³-hybridized carbons (Fsp3) is 0.208. The molecule has 0 fully saturated rings. The lowest BCUT2D eigenvalue weighted by atomic mass is 10.0. The third-order valence-corrected chi connectivity index (χ3v) is 6.16. The average molecular weight is 415 g/mol. The number of benzene rings is 2. The lowest BCUT2D eigenvalue weighted by molar-refractivity contribution is -0.939. The van der Waals surface area contributed by atoms with Crippen LogP contribution >= 0.6 is 12.2 Å². The Morgan fingerprint density at radius 1 is 0.900 bits per heavy atom. The first-order valence-electron chi connectivity index (χ1n) is 10.3. The lowest BCUT2D eigenvalue weighted by Gasteiger charge is -2.25. The number of aromatic nitrogens is 4. The third kappa shape index (κ3) is 3.84. The summed E-state index contributed by atoms with van der Waals surface area (Å²) in [5, 5.41) is 4.95. The van der Waals surface area contributed by atoms with Crippen LogP contribution in [0.5, 0.6) is 0 Å². The first kappa shape index (κ1) is 18.9. The molecule has 1 atom stereocenters. The van der Waals surface area contributed by atoms with Crippen LogP contribution in [-0.2, 0) is 26.2 Å². The van der Waals surface area contributed by atoms with Gasteiger partial charge in [-0.05, 0) is 35.5 Å². The van der Waals surface area contributed by atoms with Gasteiger partial charge in [0, 0.05) is 29.9 Å². The van der Waals surface area contributed by atoms with Gasteiger partial charge in [0.1, 0.15) is 6.54 Å². The molecule has 6 heteroatoms. The summed E-state index contributed by atoms with van der Waals surface area (Å²) in [4.78, 5) is 5.64. The predicted molar refractivity (Wildman–Crippen MR) is 120 cm³/mol. The standard InChI is InChI=1S/C24H23N5S/c30-24-28(16-19-6-2-1-3-7-19)23(21-10-13-25-14-11-21)26-29(24)18-27-15-12-20-8-4-5-9-22(20)17-27/h1-11,13-14H,12,15-18H2/p+1. The summed E-state index contributed by atoms with van der Waals surface area (Å²) in [5.41, 5.74) is 5.15. The molecular weight excluding hydrogens is 390 g/mol. The van der Waals surface area contributed by atoms with Crippen molar-refractivity contribution in [1.82, 2.24) is 19.3 Å². The van der Waals surface area contributed by atoms with Crippen molar-refractivity contribution < 1.29 is 4.90 Å². The van der Waals surface area contributed by atoms with E-state index in [0.29, 0.717) is 6.54 Å². The van der Waals surface area contributed by atoms with Crippen LogP contribution in [0.15, 0.2) is 79.1 Å². The molecule has 0 aliphatic carbocycles. The van der Waals surface area contributed by atoms with E-state index in [0.717, 1.165) is 42.3 Å². The van der Waals surface area contributed by atoms with Gasteiger partial charge in [-0.25, -0.2) is 0 Å². The minimum Gasteiger partial charge on any atom is -0.312 e. The van der Waals surface area contributed by atoms with Crippen molar-refractivity contribution in [3.63, 3.8) is 0 Å². The average Bonchev–Trinajstić information content (AvgIpc) is 3.10. The van der Waals surface area contributed by atoms with Crippen LogP contribution in [-0.4, -0.2) is 25.9 Å². The van der Waals surface area contributed by atoms with Crippen LogP contribution in [0, 0.1) is 4.77 Å². The molecule has 3 heterocycles. The van der Waals surface area contributed by atoms with Crippen LogP contribution in [0.2, 0.25) is 0 Å². The molecule has 1 aliphatic heterocycles. The van der Waals surface area contributed by atoms with Gasteiger partial charge in [-0.3, -0.25) is 9.55 Å². The molecule has 0 saturated heterocycles. The van der Waals surface area contributed by atoms with E-state index >= 15 is 0 Å². The van der Waals surface area contributed by atoms with E-state index in [1.807, 2.05) is 22.9 Å². The Morgan fingerprint density at radius 2 is 1.63 bits per heavy atom. The molecule has 0 saturated carbocycles. The van der Waals surface area contributed by atoms with Gasteiger partial charge in [-0.2, -0.15) is 4.68 Å². The zero-order valence-electron chi connectivity index (χ0n) is 16.7. The zero-order chi connectivity index (χ0) is 20.3. The summed E-state index contributed by atoms with van der Waals surface area (Å²) in [6.07, 6.45) is 4.70. The van der Waals surface area contributed by atoms with Crippen LogP contribution in [0.1, 0.15) is 16.7 Å². The topological polar surface area (TPSA) is 40.1 Å². The smallest absolute Gasteiger partial charge is 0.203 e. The number of quaternary nitrogens is 1. The van der Waals surface area contributed by atoms with E-state index in [2.05, 4.69) is 58.1 Å². The van der Waals surface area contributed by atoms with E-state index in [1.54, 1.807) is 12.4 Å². The summed E-state index contributed by atoms with van der Waals surface area (Å²) in [5.74, 6) is 0.892. The maximum atomic E-state index is 5.89. The summed E-state index contributed by atoms with van der Waals surface area (Å²) >= 11 is 5.89. The van der Waals surface area contributed by atoms with Gasteiger partial charge in [-0.15, -0.1) is 5.10 Å². The lowest BCUT2D eigenvalue weighted by Crippen LogP contribution is -3.11. The molecule has 1 N–H and O–H groups in total. The fourth-order valence-electron chi connectivity index (χ4n) is 4.16. The molecule has 4 aromatic rings. The Morgan fingerprint density at radius 3 is 2.43 bits per heavy atom. The van der Waals surface area contributed by atoms with Gasteiger partial charge < -0.3 is 4.90 Å². The van der Waals surface area contributed by atoms with E-state index in [1.165, 1.54) is 21.6 Å². The Kier molecular flexibility index (Phi) is 5.26. The summed E-state index contributed by atoms with van der Waals surface area (Å²) < 4.78 is 4.89. The maximum absolute atomic E-state index is 5.89. The van der Waals surface area contributed by atoms with Gasteiger partial charge in [0.05, 0.1) is 13.1 Å². The van der Waals surface area contributed by atoms with Gasteiger partial charge in [0.2, 0.25) is 4.77 Å². The molecule has 0 radical (unpaired) electrons. The second kappa shape index (κ2) is 8.34. The summed E-state index contributed by atoms with van der Waals surface area (Å²) in [7, 11) is 0. The second-order valence-electron chi connectivity index (χ2n) is 7.77. The van der Waals surface area contributed by atoms with E-state index in [4.69, 9.17) is 17.3 Å². The van der Waals surface area contributed by atoms with Crippen molar-refractivity contribution in [3.05, 3.63) is 101 Å². The van der Waals surface area contributed by atoms with Crippen LogP contribution < -0.4 is 4.90 Å². The van der Waals surface area contributed by atoms with Crippen molar-refractivity contribution in [2.45, 2.75) is 26.2 Å². The van der Waals surface area contributed by atoms with Crippen LogP contribution in [0.25, 0.3) is 11.4 Å². The summed E-state index contributed by atoms with van der Waals surface area (Å²) in [6, 6.07) is 23.1. The van der Waals surface area contributed by atoms with E-state index < -0.39 is 0 Å². The molecule has 30 heavy (non-hydrogen) atoms. The van der Waals surface area contributed by atoms with Crippen molar-refractivity contribution in [2.24, 2.45) is 0 Å². The number of rotatable bonds is 5. The Labute approximate surface area is 181 Å². The SMILES string of the molecule is S=c1n(C[NH+]2CCc3ccccc3C2)nc(-c2ccncc2)n1Cc1ccccc1. The van der Waals surface area contributed by atoms with Crippen LogP contribution in [0.4, 0.5) is 0 Å². The Hall–Kier alpha value is -3.09. The second-order valence-corrected chi connectivity index (χ2v) is 8.13. The van der Waals surface area contributed by atoms with E-state index in [-0.39, 0.29) is 0 Å². The highest BCUT2D eigenvalue weighted by molar-refractivity contribution is 7.71. The Bertz CT molecular complexity index is 1200. The number of nitrogens with one attached hydrogen (secondary N) is 1. The van der Waals surface area contributed by atoms with Crippen molar-refractivity contribution in [1.29, 1.82) is 0 Å². The molecule has 1 aliphatic rings. The normalized spacial score (nSPS) is 15.7. The quantitative estimate of drug-likeness (QED) is 0.510. The van der Waals surface area contributed by atoms with Crippen molar-refractivity contribution in [3.8, 4) is 11.4 Å². The number of pyridine rings is 1. The van der Waals surface area contributed by atoms with Gasteiger partial charge in [-0.1, -0.05) is 54.6 Å². The molecule has 2 aromatic heterocycles.